The second-order valence-corrected chi connectivity index (χ2v) is 7.01. The largest absolute Gasteiger partial charge is 0.354 e. The Morgan fingerprint density at radius 1 is 1.22 bits per heavy atom. The van der Waals surface area contributed by atoms with Gasteiger partial charge in [0, 0.05) is 18.9 Å². The van der Waals surface area contributed by atoms with Gasteiger partial charge < -0.3 is 5.32 Å². The first kappa shape index (κ1) is 18.8. The van der Waals surface area contributed by atoms with Crippen molar-refractivity contribution in [3.63, 3.8) is 0 Å². The number of imide groups is 2. The summed E-state index contributed by atoms with van der Waals surface area (Å²) in [5, 5.41) is 4.96. The summed E-state index contributed by atoms with van der Waals surface area (Å²) in [6.45, 7) is 3.72. The van der Waals surface area contributed by atoms with Crippen molar-refractivity contribution in [3.05, 3.63) is 34.9 Å². The number of nitrogens with one attached hydrogen (secondary N) is 2. The molecular weight excluding hydrogens is 350 g/mol. The van der Waals surface area contributed by atoms with Crippen molar-refractivity contribution in [2.24, 2.45) is 0 Å². The third-order valence-corrected chi connectivity index (χ3v) is 4.63. The number of hydrogen-bond donors (Lipinski definition) is 2. The van der Waals surface area contributed by atoms with Gasteiger partial charge in [0.1, 0.15) is 6.04 Å². The maximum atomic E-state index is 12.9. The summed E-state index contributed by atoms with van der Waals surface area (Å²) in [5.41, 5.74) is 1.07. The highest BCUT2D eigenvalue weighted by atomic mass is 16.2. The van der Waals surface area contributed by atoms with E-state index in [1.165, 1.54) is 0 Å². The Morgan fingerprint density at radius 3 is 2.63 bits per heavy atom. The number of carbonyl (C=O) groups is 5. The van der Waals surface area contributed by atoms with Crippen molar-refractivity contribution >= 4 is 29.5 Å². The van der Waals surface area contributed by atoms with E-state index in [0.717, 1.165) is 4.90 Å². The lowest BCUT2D eigenvalue weighted by atomic mass is 9.99. The Bertz CT molecular complexity index is 846. The highest BCUT2D eigenvalue weighted by molar-refractivity contribution is 6.24. The van der Waals surface area contributed by atoms with Crippen LogP contribution < -0.4 is 10.6 Å². The summed E-state index contributed by atoms with van der Waals surface area (Å²) >= 11 is 0. The Labute approximate surface area is 156 Å². The van der Waals surface area contributed by atoms with Crippen molar-refractivity contribution in [1.82, 2.24) is 15.5 Å². The average molecular weight is 371 g/mol. The van der Waals surface area contributed by atoms with Crippen LogP contribution in [-0.4, -0.2) is 46.5 Å². The van der Waals surface area contributed by atoms with Crippen molar-refractivity contribution in [2.75, 3.05) is 0 Å². The van der Waals surface area contributed by atoms with Gasteiger partial charge in [-0.2, -0.15) is 0 Å². The van der Waals surface area contributed by atoms with E-state index < -0.39 is 29.7 Å². The standard InChI is InChI=1S/C19H21N3O5/c1-10(2)20-14(23)8-6-11-4-3-5-12-16(11)19(27)22(18(12)26)13-7-9-15(24)21-17(13)25/h3-5,10,13H,6-9H2,1-2H3,(H,20,23)(H,21,24,25). The van der Waals surface area contributed by atoms with Crippen LogP contribution in [0.5, 0.6) is 0 Å². The summed E-state index contributed by atoms with van der Waals surface area (Å²) in [5.74, 6) is -2.29. The third-order valence-electron chi connectivity index (χ3n) is 4.63. The SMILES string of the molecule is CC(C)NC(=O)CCc1cccc2c1C(=O)N(C1CCC(=O)NC1=O)C2=O. The maximum absolute atomic E-state index is 12.9. The van der Waals surface area contributed by atoms with Gasteiger partial charge in [0.25, 0.3) is 11.8 Å². The van der Waals surface area contributed by atoms with Gasteiger partial charge in [0.15, 0.2) is 0 Å². The molecule has 0 bridgehead atoms. The zero-order chi connectivity index (χ0) is 19.7. The molecule has 0 radical (unpaired) electrons. The zero-order valence-electron chi connectivity index (χ0n) is 15.2. The molecule has 1 saturated heterocycles. The van der Waals surface area contributed by atoms with Gasteiger partial charge in [-0.1, -0.05) is 12.1 Å². The van der Waals surface area contributed by atoms with Gasteiger partial charge in [0.2, 0.25) is 17.7 Å². The van der Waals surface area contributed by atoms with Crippen molar-refractivity contribution in [1.29, 1.82) is 0 Å². The average Bonchev–Trinajstić information content (AvgIpc) is 2.85. The molecule has 5 amide bonds. The fourth-order valence-electron chi connectivity index (χ4n) is 3.44. The van der Waals surface area contributed by atoms with E-state index in [2.05, 4.69) is 10.6 Å². The minimum Gasteiger partial charge on any atom is -0.354 e. The number of piperidine rings is 1. The Morgan fingerprint density at radius 2 is 1.96 bits per heavy atom. The molecule has 0 aromatic heterocycles. The number of benzene rings is 1. The summed E-state index contributed by atoms with van der Waals surface area (Å²) in [7, 11) is 0. The third kappa shape index (κ3) is 3.60. The highest BCUT2D eigenvalue weighted by Crippen LogP contribution is 2.30. The molecule has 3 rings (SSSR count). The molecule has 2 aliphatic rings. The van der Waals surface area contributed by atoms with Crippen LogP contribution in [0.15, 0.2) is 18.2 Å². The molecule has 1 atom stereocenters. The number of amides is 5. The molecule has 27 heavy (non-hydrogen) atoms. The predicted octanol–water partition coefficient (Wildman–Crippen LogP) is 0.545. The Kier molecular flexibility index (Phi) is 5.07. The topological polar surface area (TPSA) is 113 Å². The van der Waals surface area contributed by atoms with Gasteiger partial charge >= 0.3 is 0 Å². The fraction of sp³-hybridized carbons (Fsp3) is 0.421. The quantitative estimate of drug-likeness (QED) is 0.734. The lowest BCUT2D eigenvalue weighted by Crippen LogP contribution is -2.54. The van der Waals surface area contributed by atoms with Crippen LogP contribution in [0.1, 0.15) is 59.4 Å². The van der Waals surface area contributed by atoms with E-state index in [0.29, 0.717) is 12.0 Å². The van der Waals surface area contributed by atoms with E-state index in [1.54, 1.807) is 18.2 Å². The Hall–Kier alpha value is -3.03. The lowest BCUT2D eigenvalue weighted by molar-refractivity contribution is -0.136. The van der Waals surface area contributed by atoms with Crippen molar-refractivity contribution < 1.29 is 24.0 Å². The van der Waals surface area contributed by atoms with Crippen LogP contribution in [0.3, 0.4) is 0 Å². The summed E-state index contributed by atoms with van der Waals surface area (Å²) in [6.07, 6.45) is 0.687. The number of aryl methyl sites for hydroxylation is 1. The van der Waals surface area contributed by atoms with Gasteiger partial charge in [0.05, 0.1) is 11.1 Å². The van der Waals surface area contributed by atoms with Crippen LogP contribution in [0.4, 0.5) is 0 Å². The summed E-state index contributed by atoms with van der Waals surface area (Å²) < 4.78 is 0. The first-order valence-corrected chi connectivity index (χ1v) is 8.92. The van der Waals surface area contributed by atoms with E-state index >= 15 is 0 Å². The summed E-state index contributed by atoms with van der Waals surface area (Å²) in [6, 6.07) is 3.94. The number of fused-ring (bicyclic) bond motifs is 1. The van der Waals surface area contributed by atoms with Crippen molar-refractivity contribution in [3.8, 4) is 0 Å². The minimum atomic E-state index is -0.993. The summed E-state index contributed by atoms with van der Waals surface area (Å²) in [4.78, 5) is 61.9. The second-order valence-electron chi connectivity index (χ2n) is 7.01. The lowest BCUT2D eigenvalue weighted by Gasteiger charge is -2.27. The monoisotopic (exact) mass is 371 g/mol. The van der Waals surface area contributed by atoms with Crippen LogP contribution in [0, 0.1) is 0 Å². The maximum Gasteiger partial charge on any atom is 0.262 e. The van der Waals surface area contributed by atoms with E-state index in [9.17, 15) is 24.0 Å². The number of hydrogen-bond acceptors (Lipinski definition) is 5. The van der Waals surface area contributed by atoms with Gasteiger partial charge in [-0.3, -0.25) is 34.2 Å². The van der Waals surface area contributed by atoms with Crippen LogP contribution in [0.2, 0.25) is 0 Å². The molecule has 2 heterocycles. The number of nitrogens with zero attached hydrogens (tertiary/aromatic N) is 1. The van der Waals surface area contributed by atoms with Crippen LogP contribution >= 0.6 is 0 Å². The van der Waals surface area contributed by atoms with Gasteiger partial charge in [-0.15, -0.1) is 0 Å². The molecule has 0 spiro atoms. The molecule has 2 N–H and O–H groups in total. The van der Waals surface area contributed by atoms with Crippen molar-refractivity contribution in [2.45, 2.75) is 51.6 Å². The second kappa shape index (κ2) is 7.30. The van der Waals surface area contributed by atoms with Gasteiger partial charge in [-0.05, 0) is 38.3 Å². The van der Waals surface area contributed by atoms with Crippen LogP contribution in [-0.2, 0) is 20.8 Å². The number of carbonyl (C=O) groups excluding carboxylic acids is 5. The number of rotatable bonds is 5. The first-order chi connectivity index (χ1) is 12.8. The van der Waals surface area contributed by atoms with E-state index in [4.69, 9.17) is 0 Å². The minimum absolute atomic E-state index is 0.0187. The molecule has 1 aromatic carbocycles. The predicted molar refractivity (Wildman–Crippen MR) is 94.7 cm³/mol. The van der Waals surface area contributed by atoms with E-state index in [-0.39, 0.29) is 42.3 Å². The normalized spacial score (nSPS) is 19.4. The molecule has 1 aromatic rings. The van der Waals surface area contributed by atoms with Gasteiger partial charge in [-0.25, -0.2) is 0 Å². The van der Waals surface area contributed by atoms with Crippen LogP contribution in [0.25, 0.3) is 0 Å². The molecule has 1 unspecified atom stereocenters. The Balaban J connectivity index is 1.83. The van der Waals surface area contributed by atoms with E-state index in [1.807, 2.05) is 13.8 Å². The first-order valence-electron chi connectivity index (χ1n) is 8.92. The molecular formula is C19H21N3O5. The molecule has 0 saturated carbocycles. The fourth-order valence-corrected chi connectivity index (χ4v) is 3.44. The smallest absolute Gasteiger partial charge is 0.262 e. The zero-order valence-corrected chi connectivity index (χ0v) is 15.2. The molecule has 142 valence electrons. The molecule has 1 fully saturated rings. The molecule has 2 aliphatic heterocycles. The highest BCUT2D eigenvalue weighted by Gasteiger charge is 2.45. The molecule has 0 aliphatic carbocycles. The molecule has 8 heteroatoms. The molecule has 8 nitrogen and oxygen atoms in total.